The number of benzene rings is 2. The van der Waals surface area contributed by atoms with Crippen LogP contribution in [0.5, 0.6) is 5.75 Å². The summed E-state index contributed by atoms with van der Waals surface area (Å²) in [6, 6.07) is 15.8. The van der Waals surface area contributed by atoms with Gasteiger partial charge in [-0.3, -0.25) is 4.79 Å². The number of nitrogens with one attached hydrogen (secondary N) is 1. The van der Waals surface area contributed by atoms with Crippen molar-refractivity contribution in [1.29, 1.82) is 0 Å². The number of halogens is 1. The third-order valence-electron chi connectivity index (χ3n) is 3.36. The van der Waals surface area contributed by atoms with Crippen LogP contribution in [0.1, 0.15) is 15.2 Å². The molecular formula is C17H14BrNO2S. The number of carbonyl (C=O) groups is 1. The fraction of sp³-hybridized carbons (Fsp3) is 0.118. The van der Waals surface area contributed by atoms with Gasteiger partial charge >= 0.3 is 0 Å². The normalized spacial score (nSPS) is 10.6. The molecule has 0 aliphatic heterocycles. The van der Waals surface area contributed by atoms with E-state index >= 15 is 0 Å². The molecule has 1 N–H and O–H groups in total. The quantitative estimate of drug-likeness (QED) is 0.723. The average Bonchev–Trinajstić information content (AvgIpc) is 2.98. The number of methoxy groups -OCH3 is 1. The molecule has 0 aliphatic rings. The maximum Gasteiger partial charge on any atom is 0.261 e. The highest BCUT2D eigenvalue weighted by molar-refractivity contribution is 9.11. The molecule has 0 fully saturated rings. The largest absolute Gasteiger partial charge is 0.497 e. The summed E-state index contributed by atoms with van der Waals surface area (Å²) in [5.74, 6) is 0.794. The van der Waals surface area contributed by atoms with E-state index in [1.807, 2.05) is 42.5 Å². The number of hydrogen-bond donors (Lipinski definition) is 1. The third kappa shape index (κ3) is 3.31. The number of thiophene rings is 1. The number of fused-ring (bicyclic) bond motifs is 1. The van der Waals surface area contributed by atoms with Gasteiger partial charge in [-0.05, 0) is 62.6 Å². The minimum atomic E-state index is -0.0504. The maximum absolute atomic E-state index is 12.0. The van der Waals surface area contributed by atoms with Crippen LogP contribution in [0.15, 0.2) is 52.3 Å². The number of rotatable bonds is 4. The van der Waals surface area contributed by atoms with Crippen molar-refractivity contribution in [2.75, 3.05) is 7.11 Å². The van der Waals surface area contributed by atoms with Gasteiger partial charge in [0.15, 0.2) is 0 Å². The summed E-state index contributed by atoms with van der Waals surface area (Å²) in [4.78, 5) is 12.7. The Balaban J connectivity index is 1.72. The van der Waals surface area contributed by atoms with E-state index in [0.29, 0.717) is 11.4 Å². The van der Waals surface area contributed by atoms with E-state index in [0.717, 1.165) is 25.9 Å². The first-order chi connectivity index (χ1) is 10.7. The van der Waals surface area contributed by atoms with Crippen molar-refractivity contribution in [3.8, 4) is 5.75 Å². The van der Waals surface area contributed by atoms with Crippen molar-refractivity contribution in [2.24, 2.45) is 0 Å². The molecule has 22 heavy (non-hydrogen) atoms. The highest BCUT2D eigenvalue weighted by Gasteiger charge is 2.08. The second-order valence-electron chi connectivity index (χ2n) is 4.83. The standard InChI is InChI=1S/C17H14BrNO2S/c1-21-14-5-4-12-8-11(2-3-13(12)9-14)10-19-17(20)15-6-7-16(18)22-15/h2-9H,10H2,1H3,(H,19,20). The van der Waals surface area contributed by atoms with E-state index in [1.165, 1.54) is 11.3 Å². The Morgan fingerprint density at radius 2 is 1.91 bits per heavy atom. The molecule has 0 spiro atoms. The highest BCUT2D eigenvalue weighted by Crippen LogP contribution is 2.23. The number of carbonyl (C=O) groups excluding carboxylic acids is 1. The molecule has 0 aliphatic carbocycles. The van der Waals surface area contributed by atoms with Crippen LogP contribution in [0, 0.1) is 0 Å². The maximum atomic E-state index is 12.0. The molecule has 3 nitrogen and oxygen atoms in total. The van der Waals surface area contributed by atoms with Crippen molar-refractivity contribution in [1.82, 2.24) is 5.32 Å². The zero-order chi connectivity index (χ0) is 15.5. The Morgan fingerprint density at radius 3 is 2.64 bits per heavy atom. The Labute approximate surface area is 141 Å². The molecule has 0 saturated heterocycles. The summed E-state index contributed by atoms with van der Waals surface area (Å²) in [6.45, 7) is 0.510. The van der Waals surface area contributed by atoms with Crippen molar-refractivity contribution in [3.63, 3.8) is 0 Å². The Hall–Kier alpha value is -1.85. The van der Waals surface area contributed by atoms with Crippen LogP contribution in [0.4, 0.5) is 0 Å². The highest BCUT2D eigenvalue weighted by atomic mass is 79.9. The molecule has 2 aromatic carbocycles. The summed E-state index contributed by atoms with van der Waals surface area (Å²) in [5.41, 5.74) is 1.07. The zero-order valence-corrected chi connectivity index (χ0v) is 14.3. The third-order valence-corrected chi connectivity index (χ3v) is 4.98. The molecule has 0 unspecified atom stereocenters. The lowest BCUT2D eigenvalue weighted by molar-refractivity contribution is 0.0955. The first-order valence-corrected chi connectivity index (χ1v) is 8.37. The lowest BCUT2D eigenvalue weighted by atomic mass is 10.1. The molecule has 3 rings (SSSR count). The van der Waals surface area contributed by atoms with Gasteiger partial charge in [0.1, 0.15) is 5.75 Å². The molecule has 0 atom stereocenters. The van der Waals surface area contributed by atoms with E-state index in [-0.39, 0.29) is 5.91 Å². The van der Waals surface area contributed by atoms with Crippen molar-refractivity contribution < 1.29 is 9.53 Å². The Kier molecular flexibility index (Phi) is 4.45. The Bertz CT molecular complexity index is 828. The van der Waals surface area contributed by atoms with Crippen LogP contribution < -0.4 is 10.1 Å². The lowest BCUT2D eigenvalue weighted by Gasteiger charge is -2.07. The van der Waals surface area contributed by atoms with Gasteiger partial charge < -0.3 is 10.1 Å². The molecule has 3 aromatic rings. The molecule has 0 saturated carbocycles. The summed E-state index contributed by atoms with van der Waals surface area (Å²) >= 11 is 4.79. The van der Waals surface area contributed by atoms with E-state index in [1.54, 1.807) is 7.11 Å². The first kappa shape index (κ1) is 15.1. The van der Waals surface area contributed by atoms with Gasteiger partial charge in [0.2, 0.25) is 0 Å². The van der Waals surface area contributed by atoms with Gasteiger partial charge in [-0.2, -0.15) is 0 Å². The smallest absolute Gasteiger partial charge is 0.261 e. The van der Waals surface area contributed by atoms with Crippen LogP contribution in [-0.4, -0.2) is 13.0 Å². The van der Waals surface area contributed by atoms with E-state index < -0.39 is 0 Å². The minimum Gasteiger partial charge on any atom is -0.497 e. The zero-order valence-electron chi connectivity index (χ0n) is 11.9. The number of amides is 1. The van der Waals surface area contributed by atoms with Gasteiger partial charge in [-0.1, -0.05) is 18.2 Å². The fourth-order valence-corrected chi connectivity index (χ4v) is 3.52. The number of hydrogen-bond acceptors (Lipinski definition) is 3. The fourth-order valence-electron chi connectivity index (χ4n) is 2.22. The second-order valence-corrected chi connectivity index (χ2v) is 7.30. The van der Waals surface area contributed by atoms with E-state index in [2.05, 4.69) is 27.3 Å². The van der Waals surface area contributed by atoms with Gasteiger partial charge in [-0.15, -0.1) is 11.3 Å². The van der Waals surface area contributed by atoms with Gasteiger partial charge in [0.05, 0.1) is 15.8 Å². The van der Waals surface area contributed by atoms with Crippen LogP contribution in [0.3, 0.4) is 0 Å². The molecule has 5 heteroatoms. The summed E-state index contributed by atoms with van der Waals surface area (Å²) in [6.07, 6.45) is 0. The molecular weight excluding hydrogens is 362 g/mol. The summed E-state index contributed by atoms with van der Waals surface area (Å²) < 4.78 is 6.18. The first-order valence-electron chi connectivity index (χ1n) is 6.76. The van der Waals surface area contributed by atoms with Gasteiger partial charge in [0.25, 0.3) is 5.91 Å². The molecule has 0 bridgehead atoms. The van der Waals surface area contributed by atoms with Crippen molar-refractivity contribution in [3.05, 3.63) is 62.8 Å². The number of ether oxygens (including phenoxy) is 1. The predicted molar refractivity (Wildman–Crippen MR) is 93.7 cm³/mol. The SMILES string of the molecule is COc1ccc2cc(CNC(=O)c3ccc(Br)s3)ccc2c1. The predicted octanol–water partition coefficient (Wildman–Crippen LogP) is 4.60. The van der Waals surface area contributed by atoms with Crippen LogP contribution >= 0.6 is 27.3 Å². The van der Waals surface area contributed by atoms with Gasteiger partial charge in [0, 0.05) is 6.54 Å². The topological polar surface area (TPSA) is 38.3 Å². The Morgan fingerprint density at radius 1 is 1.14 bits per heavy atom. The second kappa shape index (κ2) is 6.50. The van der Waals surface area contributed by atoms with Crippen molar-refractivity contribution in [2.45, 2.75) is 6.54 Å². The van der Waals surface area contributed by atoms with E-state index in [9.17, 15) is 4.79 Å². The van der Waals surface area contributed by atoms with Crippen LogP contribution in [-0.2, 0) is 6.54 Å². The summed E-state index contributed by atoms with van der Waals surface area (Å²) in [5, 5.41) is 5.19. The van der Waals surface area contributed by atoms with Crippen LogP contribution in [0.2, 0.25) is 0 Å². The van der Waals surface area contributed by atoms with Gasteiger partial charge in [-0.25, -0.2) is 0 Å². The molecule has 0 radical (unpaired) electrons. The molecule has 1 amide bonds. The summed E-state index contributed by atoms with van der Waals surface area (Å²) in [7, 11) is 1.66. The lowest BCUT2D eigenvalue weighted by Crippen LogP contribution is -2.21. The monoisotopic (exact) mass is 375 g/mol. The minimum absolute atomic E-state index is 0.0504. The van der Waals surface area contributed by atoms with E-state index in [4.69, 9.17) is 4.74 Å². The molecule has 112 valence electrons. The average molecular weight is 376 g/mol. The molecule has 1 aromatic heterocycles. The van der Waals surface area contributed by atoms with Crippen LogP contribution in [0.25, 0.3) is 10.8 Å². The van der Waals surface area contributed by atoms with Crippen molar-refractivity contribution >= 4 is 43.9 Å². The molecule has 1 heterocycles.